The Labute approximate surface area is 125 Å². The largest absolute Gasteiger partial charge is 0.484 e. The Bertz CT molecular complexity index is 514. The van der Waals surface area contributed by atoms with E-state index in [0.717, 1.165) is 16.9 Å². The molecule has 114 valence electrons. The van der Waals surface area contributed by atoms with Crippen LogP contribution in [0, 0.1) is 13.8 Å². The molecule has 1 fully saturated rings. The van der Waals surface area contributed by atoms with Crippen LogP contribution in [-0.2, 0) is 9.59 Å². The lowest BCUT2D eigenvalue weighted by Crippen LogP contribution is -2.51. The summed E-state index contributed by atoms with van der Waals surface area (Å²) in [5.74, 6) is 0.758. The number of hydrogen-bond donors (Lipinski definition) is 0. The summed E-state index contributed by atoms with van der Waals surface area (Å²) >= 11 is 0. The molecule has 1 aromatic carbocycles. The molecule has 21 heavy (non-hydrogen) atoms. The summed E-state index contributed by atoms with van der Waals surface area (Å²) in [7, 11) is 0. The van der Waals surface area contributed by atoms with Crippen LogP contribution in [-0.4, -0.2) is 54.4 Å². The maximum atomic E-state index is 12.1. The number of aryl methyl sites for hydroxylation is 2. The van der Waals surface area contributed by atoms with Gasteiger partial charge < -0.3 is 14.5 Å². The van der Waals surface area contributed by atoms with E-state index >= 15 is 0 Å². The first-order valence-corrected chi connectivity index (χ1v) is 7.20. The van der Waals surface area contributed by atoms with Gasteiger partial charge in [0.2, 0.25) is 5.91 Å². The molecule has 1 heterocycles. The molecule has 5 nitrogen and oxygen atoms in total. The van der Waals surface area contributed by atoms with Gasteiger partial charge in [0.15, 0.2) is 6.61 Å². The fourth-order valence-corrected chi connectivity index (χ4v) is 2.52. The van der Waals surface area contributed by atoms with E-state index in [4.69, 9.17) is 4.74 Å². The van der Waals surface area contributed by atoms with Crippen molar-refractivity contribution in [2.75, 3.05) is 32.8 Å². The van der Waals surface area contributed by atoms with Gasteiger partial charge in [-0.1, -0.05) is 6.07 Å². The second-order valence-electron chi connectivity index (χ2n) is 5.50. The topological polar surface area (TPSA) is 49.9 Å². The lowest BCUT2D eigenvalue weighted by atomic mass is 10.1. The number of piperazine rings is 1. The predicted molar refractivity (Wildman–Crippen MR) is 80.2 cm³/mol. The third-order valence-corrected chi connectivity index (χ3v) is 3.64. The van der Waals surface area contributed by atoms with Crippen LogP contribution in [0.2, 0.25) is 0 Å². The average molecular weight is 290 g/mol. The molecule has 0 N–H and O–H groups in total. The number of hydrogen-bond acceptors (Lipinski definition) is 3. The first kappa shape index (κ1) is 15.4. The summed E-state index contributed by atoms with van der Waals surface area (Å²) in [5.41, 5.74) is 2.24. The van der Waals surface area contributed by atoms with Crippen LogP contribution in [0.25, 0.3) is 0 Å². The Balaban J connectivity index is 1.84. The van der Waals surface area contributed by atoms with Crippen LogP contribution in [0.3, 0.4) is 0 Å². The molecule has 0 radical (unpaired) electrons. The molecule has 0 bridgehead atoms. The molecular formula is C16H22N2O3. The van der Waals surface area contributed by atoms with Gasteiger partial charge in [0, 0.05) is 33.1 Å². The maximum absolute atomic E-state index is 12.1. The second-order valence-corrected chi connectivity index (χ2v) is 5.50. The third kappa shape index (κ3) is 4.21. The maximum Gasteiger partial charge on any atom is 0.260 e. The summed E-state index contributed by atoms with van der Waals surface area (Å²) in [6.45, 7) is 7.97. The van der Waals surface area contributed by atoms with Gasteiger partial charge in [-0.15, -0.1) is 0 Å². The summed E-state index contributed by atoms with van der Waals surface area (Å²) in [6, 6.07) is 5.91. The van der Waals surface area contributed by atoms with E-state index in [0.29, 0.717) is 26.2 Å². The number of amides is 2. The van der Waals surface area contributed by atoms with E-state index in [1.807, 2.05) is 26.0 Å². The quantitative estimate of drug-likeness (QED) is 0.845. The van der Waals surface area contributed by atoms with Gasteiger partial charge in [-0.05, 0) is 37.1 Å². The van der Waals surface area contributed by atoms with Gasteiger partial charge in [0.1, 0.15) is 5.75 Å². The molecule has 0 aromatic heterocycles. The lowest BCUT2D eigenvalue weighted by Gasteiger charge is -2.34. The zero-order valence-electron chi connectivity index (χ0n) is 12.9. The van der Waals surface area contributed by atoms with Crippen LogP contribution in [0.15, 0.2) is 18.2 Å². The highest BCUT2D eigenvalue weighted by Crippen LogP contribution is 2.16. The Morgan fingerprint density at radius 1 is 1.00 bits per heavy atom. The average Bonchev–Trinajstić information content (AvgIpc) is 2.44. The van der Waals surface area contributed by atoms with Gasteiger partial charge in [-0.2, -0.15) is 0 Å². The zero-order chi connectivity index (χ0) is 15.4. The second kappa shape index (κ2) is 6.61. The van der Waals surface area contributed by atoms with Gasteiger partial charge >= 0.3 is 0 Å². The summed E-state index contributed by atoms with van der Waals surface area (Å²) in [6.07, 6.45) is 0. The van der Waals surface area contributed by atoms with Crippen LogP contribution < -0.4 is 4.74 Å². The highest BCUT2D eigenvalue weighted by Gasteiger charge is 2.22. The minimum atomic E-state index is -0.0302. The normalized spacial score (nSPS) is 15.0. The van der Waals surface area contributed by atoms with Crippen molar-refractivity contribution in [3.63, 3.8) is 0 Å². The van der Waals surface area contributed by atoms with Crippen LogP contribution in [0.5, 0.6) is 5.75 Å². The summed E-state index contributed by atoms with van der Waals surface area (Å²) in [5, 5.41) is 0. The van der Waals surface area contributed by atoms with E-state index in [1.165, 1.54) is 0 Å². The van der Waals surface area contributed by atoms with E-state index in [9.17, 15) is 9.59 Å². The Morgan fingerprint density at radius 2 is 1.52 bits per heavy atom. The minimum absolute atomic E-state index is 0.0302. The molecule has 1 aromatic rings. The number of carbonyl (C=O) groups excluding carboxylic acids is 2. The van der Waals surface area contributed by atoms with Gasteiger partial charge in [0.25, 0.3) is 5.91 Å². The Morgan fingerprint density at radius 3 is 2.05 bits per heavy atom. The lowest BCUT2D eigenvalue weighted by molar-refractivity contribution is -0.139. The molecular weight excluding hydrogens is 268 g/mol. The van der Waals surface area contributed by atoms with Crippen LogP contribution >= 0.6 is 0 Å². The number of rotatable bonds is 3. The van der Waals surface area contributed by atoms with E-state index < -0.39 is 0 Å². The highest BCUT2D eigenvalue weighted by molar-refractivity contribution is 5.78. The smallest absolute Gasteiger partial charge is 0.260 e. The van der Waals surface area contributed by atoms with Crippen molar-refractivity contribution in [1.82, 2.24) is 9.80 Å². The van der Waals surface area contributed by atoms with E-state index in [-0.39, 0.29) is 18.4 Å². The first-order chi connectivity index (χ1) is 9.95. The van der Waals surface area contributed by atoms with Crippen molar-refractivity contribution in [3.05, 3.63) is 29.3 Å². The van der Waals surface area contributed by atoms with Crippen molar-refractivity contribution in [3.8, 4) is 5.75 Å². The molecule has 1 saturated heterocycles. The number of nitrogens with zero attached hydrogens (tertiary/aromatic N) is 2. The molecule has 0 saturated carbocycles. The van der Waals surface area contributed by atoms with E-state index in [2.05, 4.69) is 6.07 Å². The summed E-state index contributed by atoms with van der Waals surface area (Å²) in [4.78, 5) is 26.9. The Kier molecular flexibility index (Phi) is 4.83. The zero-order valence-corrected chi connectivity index (χ0v) is 12.9. The van der Waals surface area contributed by atoms with Crippen LogP contribution in [0.1, 0.15) is 18.1 Å². The SMILES string of the molecule is CC(=O)N1CCN(C(=O)COc2cc(C)cc(C)c2)CC1. The standard InChI is InChI=1S/C16H22N2O3/c1-12-8-13(2)10-15(9-12)21-11-16(20)18-6-4-17(5-7-18)14(3)19/h8-10H,4-7,11H2,1-3H3. The minimum Gasteiger partial charge on any atom is -0.484 e. The van der Waals surface area contributed by atoms with Crippen molar-refractivity contribution in [2.24, 2.45) is 0 Å². The molecule has 0 aliphatic carbocycles. The monoisotopic (exact) mass is 290 g/mol. The van der Waals surface area contributed by atoms with Crippen molar-refractivity contribution in [1.29, 1.82) is 0 Å². The fourth-order valence-electron chi connectivity index (χ4n) is 2.52. The molecule has 5 heteroatoms. The summed E-state index contributed by atoms with van der Waals surface area (Å²) < 4.78 is 5.59. The van der Waals surface area contributed by atoms with Gasteiger partial charge in [0.05, 0.1) is 0 Å². The molecule has 0 spiro atoms. The first-order valence-electron chi connectivity index (χ1n) is 7.20. The van der Waals surface area contributed by atoms with Crippen molar-refractivity contribution < 1.29 is 14.3 Å². The number of ether oxygens (including phenoxy) is 1. The van der Waals surface area contributed by atoms with Crippen molar-refractivity contribution in [2.45, 2.75) is 20.8 Å². The molecule has 1 aliphatic rings. The molecule has 1 aliphatic heterocycles. The van der Waals surface area contributed by atoms with Gasteiger partial charge in [-0.3, -0.25) is 9.59 Å². The Hall–Kier alpha value is -2.04. The van der Waals surface area contributed by atoms with Crippen molar-refractivity contribution >= 4 is 11.8 Å². The third-order valence-electron chi connectivity index (χ3n) is 3.64. The molecule has 2 rings (SSSR count). The molecule has 2 amide bonds. The fraction of sp³-hybridized carbons (Fsp3) is 0.500. The molecule has 0 unspecified atom stereocenters. The van der Waals surface area contributed by atoms with E-state index in [1.54, 1.807) is 16.7 Å². The van der Waals surface area contributed by atoms with Gasteiger partial charge in [-0.25, -0.2) is 0 Å². The number of carbonyl (C=O) groups is 2. The number of benzene rings is 1. The van der Waals surface area contributed by atoms with Crippen LogP contribution in [0.4, 0.5) is 0 Å². The predicted octanol–water partition coefficient (Wildman–Crippen LogP) is 1.37. The molecule has 0 atom stereocenters. The highest BCUT2D eigenvalue weighted by atomic mass is 16.5.